The molecule has 0 spiro atoms. The zero-order chi connectivity index (χ0) is 24.2. The molecule has 3 atom stereocenters. The Morgan fingerprint density at radius 2 is 1.61 bits per heavy atom. The maximum atomic E-state index is 13.2. The van der Waals surface area contributed by atoms with E-state index in [1.54, 1.807) is 7.11 Å². The van der Waals surface area contributed by atoms with Crippen LogP contribution in [-0.2, 0) is 20.6 Å². The van der Waals surface area contributed by atoms with Crippen molar-refractivity contribution in [2.24, 2.45) is 11.8 Å². The molecule has 0 radical (unpaired) electrons. The zero-order valence-electron chi connectivity index (χ0n) is 21.7. The van der Waals surface area contributed by atoms with Gasteiger partial charge in [-0.3, -0.25) is 4.79 Å². The highest BCUT2D eigenvalue weighted by Gasteiger charge is 2.50. The highest BCUT2D eigenvalue weighted by Crippen LogP contribution is 2.48. The number of ether oxygens (including phenoxy) is 2. The van der Waals surface area contributed by atoms with Crippen molar-refractivity contribution < 1.29 is 18.7 Å². The van der Waals surface area contributed by atoms with Gasteiger partial charge in [-0.05, 0) is 59.2 Å². The van der Waals surface area contributed by atoms with Crippen molar-refractivity contribution in [2.75, 3.05) is 13.7 Å². The number of ketones is 1. The summed E-state index contributed by atoms with van der Waals surface area (Å²) >= 11 is 0. The first kappa shape index (κ1) is 26.2. The van der Waals surface area contributed by atoms with Crippen molar-refractivity contribution >= 4 is 14.1 Å². The molecule has 0 amide bonds. The van der Waals surface area contributed by atoms with E-state index in [4.69, 9.17) is 13.9 Å². The molecular formula is C28H44O4Si. The topological polar surface area (TPSA) is 44.8 Å². The summed E-state index contributed by atoms with van der Waals surface area (Å²) in [5.41, 5.74) is 3.98. The van der Waals surface area contributed by atoms with Crippen LogP contribution in [0.4, 0.5) is 0 Å². The van der Waals surface area contributed by atoms with Crippen molar-refractivity contribution in [1.29, 1.82) is 0 Å². The fraction of sp³-hybridized carbons (Fsp3) is 0.679. The highest BCUT2D eigenvalue weighted by atomic mass is 28.4. The molecule has 0 unspecified atom stereocenters. The molecule has 3 rings (SSSR count). The van der Waals surface area contributed by atoms with Gasteiger partial charge in [0.25, 0.3) is 0 Å². The van der Waals surface area contributed by atoms with Crippen molar-refractivity contribution in [1.82, 2.24) is 0 Å². The number of allylic oxidation sites excluding steroid dienone is 1. The molecule has 1 aromatic carbocycles. The van der Waals surface area contributed by atoms with Crippen LogP contribution in [0.2, 0.25) is 16.6 Å². The van der Waals surface area contributed by atoms with Gasteiger partial charge in [-0.1, -0.05) is 59.8 Å². The molecule has 0 aromatic heterocycles. The van der Waals surface area contributed by atoms with Crippen molar-refractivity contribution in [3.05, 3.63) is 41.5 Å². The molecule has 2 aliphatic carbocycles. The number of hydrogen-bond acceptors (Lipinski definition) is 4. The van der Waals surface area contributed by atoms with Crippen LogP contribution in [0.5, 0.6) is 5.75 Å². The lowest BCUT2D eigenvalue weighted by atomic mass is 9.81. The Morgan fingerprint density at radius 3 is 2.18 bits per heavy atom. The summed E-state index contributed by atoms with van der Waals surface area (Å²) in [6.07, 6.45) is 5.70. The van der Waals surface area contributed by atoms with Crippen LogP contribution < -0.4 is 4.74 Å². The number of Topliss-reactive ketones (excluding diaryl/α,β-unsaturated/α-hetero) is 1. The second-order valence-electron chi connectivity index (χ2n) is 10.8. The fourth-order valence-corrected chi connectivity index (χ4v) is 11.9. The third-order valence-electron chi connectivity index (χ3n) is 7.96. The van der Waals surface area contributed by atoms with Gasteiger partial charge in [0, 0.05) is 18.3 Å². The zero-order valence-corrected chi connectivity index (χ0v) is 22.7. The van der Waals surface area contributed by atoms with Gasteiger partial charge in [0.05, 0.1) is 26.4 Å². The fourth-order valence-electron chi connectivity index (χ4n) is 6.33. The van der Waals surface area contributed by atoms with Gasteiger partial charge in [-0.25, -0.2) is 0 Å². The van der Waals surface area contributed by atoms with E-state index in [-0.39, 0.29) is 17.9 Å². The van der Waals surface area contributed by atoms with Crippen molar-refractivity contribution in [2.45, 2.75) is 96.6 Å². The molecule has 0 saturated heterocycles. The molecule has 0 heterocycles. The van der Waals surface area contributed by atoms with Crippen LogP contribution >= 0.6 is 0 Å². The average Bonchev–Trinajstić information content (AvgIpc) is 2.84. The molecular weight excluding hydrogens is 428 g/mol. The first-order valence-corrected chi connectivity index (χ1v) is 15.0. The lowest BCUT2D eigenvalue weighted by Gasteiger charge is -2.47. The minimum Gasteiger partial charge on any atom is -0.497 e. The number of carbonyl (C=O) groups excluding carboxylic acids is 1. The highest BCUT2D eigenvalue weighted by molar-refractivity contribution is 6.77. The second kappa shape index (κ2) is 11.3. The summed E-state index contributed by atoms with van der Waals surface area (Å²) in [5.74, 6) is 1.51. The number of carbonyl (C=O) groups is 1. The molecule has 5 heteroatoms. The van der Waals surface area contributed by atoms with E-state index >= 15 is 0 Å². The normalized spacial score (nSPS) is 23.8. The van der Waals surface area contributed by atoms with Crippen LogP contribution in [0.25, 0.3) is 0 Å². The van der Waals surface area contributed by atoms with E-state index in [1.165, 1.54) is 5.57 Å². The predicted octanol–water partition coefficient (Wildman–Crippen LogP) is 7.09. The van der Waals surface area contributed by atoms with Gasteiger partial charge in [0.1, 0.15) is 11.5 Å². The molecule has 1 aromatic rings. The molecule has 4 nitrogen and oxygen atoms in total. The third-order valence-corrected chi connectivity index (χ3v) is 14.0. The van der Waals surface area contributed by atoms with Gasteiger partial charge in [-0.2, -0.15) is 0 Å². The number of fused-ring (bicyclic) bond motifs is 2. The van der Waals surface area contributed by atoms with Gasteiger partial charge in [0.2, 0.25) is 8.32 Å². The van der Waals surface area contributed by atoms with E-state index in [9.17, 15) is 4.79 Å². The standard InChI is InChI=1S/C28H44O4Si/c1-19(2)33(20(3)4,21(5)6)32-28-25-9-8-10-26(28)27(29)16-13-23(25)18-31-17-22-11-14-24(30-7)15-12-22/h9,11-12,14-15,19-21,23,26,28H,8,10,13,16-18H2,1-7H3/t23-,26-,28+/m0/s1. The van der Waals surface area contributed by atoms with Gasteiger partial charge >= 0.3 is 0 Å². The Kier molecular flexibility index (Phi) is 8.99. The van der Waals surface area contributed by atoms with Gasteiger partial charge < -0.3 is 13.9 Å². The monoisotopic (exact) mass is 472 g/mol. The molecule has 184 valence electrons. The van der Waals surface area contributed by atoms with E-state index in [0.29, 0.717) is 42.0 Å². The minimum atomic E-state index is -2.10. The Bertz CT molecular complexity index is 790. The van der Waals surface area contributed by atoms with Crippen molar-refractivity contribution in [3.8, 4) is 5.75 Å². The molecule has 33 heavy (non-hydrogen) atoms. The lowest BCUT2D eigenvalue weighted by molar-refractivity contribution is -0.125. The first-order valence-electron chi connectivity index (χ1n) is 12.8. The van der Waals surface area contributed by atoms with E-state index in [1.807, 2.05) is 24.3 Å². The maximum Gasteiger partial charge on any atom is 0.201 e. The number of benzene rings is 1. The van der Waals surface area contributed by atoms with Crippen LogP contribution in [-0.4, -0.2) is 33.9 Å². The summed E-state index contributed by atoms with van der Waals surface area (Å²) in [6, 6.07) is 8.03. The van der Waals surface area contributed by atoms with E-state index < -0.39 is 8.32 Å². The molecule has 1 fully saturated rings. The quantitative estimate of drug-likeness (QED) is 0.269. The van der Waals surface area contributed by atoms with E-state index in [2.05, 4.69) is 47.6 Å². The molecule has 1 saturated carbocycles. The Labute approximate surface area is 202 Å². The lowest BCUT2D eigenvalue weighted by Crippen LogP contribution is -2.53. The largest absolute Gasteiger partial charge is 0.497 e. The summed E-state index contributed by atoms with van der Waals surface area (Å²) in [7, 11) is -0.423. The molecule has 2 aliphatic rings. The number of rotatable bonds is 10. The number of hydrogen-bond donors (Lipinski definition) is 0. The Morgan fingerprint density at radius 1 is 0.970 bits per heavy atom. The van der Waals surface area contributed by atoms with Crippen LogP contribution in [0.15, 0.2) is 35.9 Å². The second-order valence-corrected chi connectivity index (χ2v) is 16.2. The summed E-state index contributed by atoms with van der Waals surface area (Å²) in [4.78, 5) is 13.2. The summed E-state index contributed by atoms with van der Waals surface area (Å²) in [5, 5.41) is 0. The average molecular weight is 473 g/mol. The summed E-state index contributed by atoms with van der Waals surface area (Å²) < 4.78 is 18.7. The molecule has 0 aliphatic heterocycles. The summed E-state index contributed by atoms with van der Waals surface area (Å²) in [6.45, 7) is 15.1. The maximum absolute atomic E-state index is 13.2. The van der Waals surface area contributed by atoms with Crippen LogP contribution in [0.1, 0.15) is 72.8 Å². The first-order chi connectivity index (χ1) is 15.7. The smallest absolute Gasteiger partial charge is 0.201 e. The Hall–Kier alpha value is -1.43. The minimum absolute atomic E-state index is 0.0136. The SMILES string of the molecule is COc1ccc(COC[C@@H]2CCC(=O)[C@@H]3CCC=C2[C@H]3O[Si](C(C)C)(C(C)C)C(C)C)cc1. The van der Waals surface area contributed by atoms with Crippen molar-refractivity contribution in [3.63, 3.8) is 0 Å². The Balaban J connectivity index is 1.79. The molecule has 2 bridgehead atoms. The molecule has 0 N–H and O–H groups in total. The van der Waals surface area contributed by atoms with Gasteiger partial charge in [0.15, 0.2) is 0 Å². The van der Waals surface area contributed by atoms with Crippen LogP contribution in [0, 0.1) is 11.8 Å². The predicted molar refractivity (Wildman–Crippen MR) is 137 cm³/mol. The number of methoxy groups -OCH3 is 1. The van der Waals surface area contributed by atoms with Gasteiger partial charge in [-0.15, -0.1) is 0 Å². The van der Waals surface area contributed by atoms with Crippen LogP contribution in [0.3, 0.4) is 0 Å². The van der Waals surface area contributed by atoms with E-state index in [0.717, 1.165) is 30.6 Å². The third kappa shape index (κ3) is 5.63.